The zero-order valence-corrected chi connectivity index (χ0v) is 12.5. The van der Waals surface area contributed by atoms with Crippen LogP contribution in [0.2, 0.25) is 0 Å². The number of hydrogen-bond donors (Lipinski definition) is 1. The van der Waals surface area contributed by atoms with Crippen LogP contribution >= 0.6 is 0 Å². The van der Waals surface area contributed by atoms with E-state index in [9.17, 15) is 4.79 Å². The third-order valence-electron chi connectivity index (χ3n) is 3.49. The van der Waals surface area contributed by atoms with E-state index in [0.717, 1.165) is 17.7 Å². The van der Waals surface area contributed by atoms with Gasteiger partial charge in [0.05, 0.1) is 5.69 Å². The second-order valence-electron chi connectivity index (χ2n) is 5.21. The molecule has 0 fully saturated rings. The minimum Gasteiger partial charge on any atom is -0.449 e. The molecule has 1 heterocycles. The SMILES string of the molecule is CCCN1C(=O)/C(=C\c2ccccc2)Oc2ccc(N)cc21. The van der Waals surface area contributed by atoms with Crippen LogP contribution in [0.5, 0.6) is 5.75 Å². The number of anilines is 2. The Morgan fingerprint density at radius 1 is 1.18 bits per heavy atom. The molecule has 2 aromatic carbocycles. The van der Waals surface area contributed by atoms with Gasteiger partial charge in [-0.25, -0.2) is 0 Å². The van der Waals surface area contributed by atoms with Crippen molar-refractivity contribution in [2.45, 2.75) is 13.3 Å². The molecular formula is C18H18N2O2. The predicted molar refractivity (Wildman–Crippen MR) is 88.5 cm³/mol. The van der Waals surface area contributed by atoms with Crippen LogP contribution in [0, 0.1) is 0 Å². The molecule has 0 saturated carbocycles. The predicted octanol–water partition coefficient (Wildman–Crippen LogP) is 3.45. The highest BCUT2D eigenvalue weighted by Gasteiger charge is 2.29. The fourth-order valence-corrected chi connectivity index (χ4v) is 2.47. The van der Waals surface area contributed by atoms with Crippen molar-refractivity contribution >= 4 is 23.4 Å². The Balaban J connectivity index is 2.04. The highest BCUT2D eigenvalue weighted by molar-refractivity contribution is 6.10. The molecule has 4 nitrogen and oxygen atoms in total. The summed E-state index contributed by atoms with van der Waals surface area (Å²) in [6, 6.07) is 15.0. The monoisotopic (exact) mass is 294 g/mol. The summed E-state index contributed by atoms with van der Waals surface area (Å²) in [6.45, 7) is 2.67. The Kier molecular flexibility index (Phi) is 3.83. The van der Waals surface area contributed by atoms with Crippen LogP contribution in [0.15, 0.2) is 54.3 Å². The van der Waals surface area contributed by atoms with Crippen molar-refractivity contribution in [2.75, 3.05) is 17.2 Å². The van der Waals surface area contributed by atoms with E-state index in [1.165, 1.54) is 0 Å². The highest BCUT2D eigenvalue weighted by Crippen LogP contribution is 2.37. The van der Waals surface area contributed by atoms with Gasteiger partial charge in [-0.05, 0) is 36.3 Å². The molecule has 0 saturated heterocycles. The minimum absolute atomic E-state index is 0.135. The van der Waals surface area contributed by atoms with Gasteiger partial charge in [0.2, 0.25) is 0 Å². The summed E-state index contributed by atoms with van der Waals surface area (Å²) in [5.74, 6) is 0.852. The van der Waals surface area contributed by atoms with Gasteiger partial charge in [-0.1, -0.05) is 37.3 Å². The number of hydrogen-bond acceptors (Lipinski definition) is 3. The van der Waals surface area contributed by atoms with Gasteiger partial charge in [0.15, 0.2) is 11.5 Å². The van der Waals surface area contributed by atoms with Crippen LogP contribution in [-0.4, -0.2) is 12.5 Å². The first kappa shape index (κ1) is 14.2. The Morgan fingerprint density at radius 2 is 1.95 bits per heavy atom. The summed E-state index contributed by atoms with van der Waals surface area (Å²) < 4.78 is 5.79. The molecule has 0 spiro atoms. The van der Waals surface area contributed by atoms with Crippen LogP contribution in [0.1, 0.15) is 18.9 Å². The first-order valence-corrected chi connectivity index (χ1v) is 7.35. The largest absolute Gasteiger partial charge is 0.449 e. The molecule has 1 amide bonds. The van der Waals surface area contributed by atoms with Crippen LogP contribution in [0.3, 0.4) is 0 Å². The van der Waals surface area contributed by atoms with Gasteiger partial charge in [0, 0.05) is 12.2 Å². The fourth-order valence-electron chi connectivity index (χ4n) is 2.47. The van der Waals surface area contributed by atoms with Gasteiger partial charge in [0.1, 0.15) is 0 Å². The van der Waals surface area contributed by atoms with Crippen molar-refractivity contribution < 1.29 is 9.53 Å². The highest BCUT2D eigenvalue weighted by atomic mass is 16.5. The molecule has 4 heteroatoms. The summed E-state index contributed by atoms with van der Waals surface area (Å²) in [7, 11) is 0. The number of nitrogens with zero attached hydrogens (tertiary/aromatic N) is 1. The number of ether oxygens (including phenoxy) is 1. The number of carbonyl (C=O) groups is 1. The fraction of sp³-hybridized carbons (Fsp3) is 0.167. The van der Waals surface area contributed by atoms with E-state index in [2.05, 4.69) is 0 Å². The molecule has 112 valence electrons. The average Bonchev–Trinajstić information content (AvgIpc) is 2.53. The third kappa shape index (κ3) is 2.68. The number of amides is 1. The first-order chi connectivity index (χ1) is 10.7. The molecular weight excluding hydrogens is 276 g/mol. The van der Waals surface area contributed by atoms with Crippen molar-refractivity contribution in [1.82, 2.24) is 0 Å². The van der Waals surface area contributed by atoms with Crippen LogP contribution in [0.4, 0.5) is 11.4 Å². The zero-order chi connectivity index (χ0) is 15.5. The van der Waals surface area contributed by atoms with Crippen molar-refractivity contribution in [3.63, 3.8) is 0 Å². The Labute approximate surface area is 129 Å². The van der Waals surface area contributed by atoms with Crippen molar-refractivity contribution in [1.29, 1.82) is 0 Å². The molecule has 2 aromatic rings. The molecule has 0 aliphatic carbocycles. The quantitative estimate of drug-likeness (QED) is 0.697. The lowest BCUT2D eigenvalue weighted by Crippen LogP contribution is -2.37. The molecule has 2 N–H and O–H groups in total. The second kappa shape index (κ2) is 5.93. The Bertz CT molecular complexity index is 723. The smallest absolute Gasteiger partial charge is 0.294 e. The van der Waals surface area contributed by atoms with E-state index in [0.29, 0.717) is 23.7 Å². The van der Waals surface area contributed by atoms with Crippen molar-refractivity contribution in [3.05, 3.63) is 59.9 Å². The lowest BCUT2D eigenvalue weighted by molar-refractivity contribution is -0.117. The maximum Gasteiger partial charge on any atom is 0.294 e. The number of nitrogens with two attached hydrogens (primary N) is 1. The van der Waals surface area contributed by atoms with Gasteiger partial charge in [0.25, 0.3) is 5.91 Å². The maximum absolute atomic E-state index is 12.7. The first-order valence-electron chi connectivity index (χ1n) is 7.35. The summed E-state index contributed by atoms with van der Waals surface area (Å²) in [4.78, 5) is 14.4. The average molecular weight is 294 g/mol. The van der Waals surface area contributed by atoms with Gasteiger partial charge in [-0.2, -0.15) is 0 Å². The molecule has 1 aliphatic rings. The molecule has 0 aromatic heterocycles. The summed E-state index contributed by atoms with van der Waals surface area (Å²) in [6.07, 6.45) is 2.63. The summed E-state index contributed by atoms with van der Waals surface area (Å²) in [5.41, 5.74) is 8.12. The normalized spacial score (nSPS) is 15.6. The van der Waals surface area contributed by atoms with Crippen LogP contribution in [-0.2, 0) is 4.79 Å². The van der Waals surface area contributed by atoms with E-state index in [1.807, 2.05) is 37.3 Å². The van der Waals surface area contributed by atoms with E-state index in [1.54, 1.807) is 29.2 Å². The standard InChI is InChI=1S/C18H18N2O2/c1-2-10-20-15-12-14(19)8-9-16(15)22-17(18(20)21)11-13-6-4-3-5-7-13/h3-9,11-12H,2,10,19H2,1H3/b17-11+. The summed E-state index contributed by atoms with van der Waals surface area (Å²) in [5, 5.41) is 0. The third-order valence-corrected chi connectivity index (χ3v) is 3.49. The van der Waals surface area contributed by atoms with E-state index >= 15 is 0 Å². The van der Waals surface area contributed by atoms with E-state index < -0.39 is 0 Å². The molecule has 3 rings (SSSR count). The number of benzene rings is 2. The number of nitrogen functional groups attached to an aromatic ring is 1. The number of rotatable bonds is 3. The molecule has 0 unspecified atom stereocenters. The lowest BCUT2D eigenvalue weighted by atomic mass is 10.1. The van der Waals surface area contributed by atoms with Gasteiger partial charge >= 0.3 is 0 Å². The van der Waals surface area contributed by atoms with Gasteiger partial charge in [-0.15, -0.1) is 0 Å². The van der Waals surface area contributed by atoms with Crippen LogP contribution < -0.4 is 15.4 Å². The number of carbonyl (C=O) groups excluding carboxylic acids is 1. The lowest BCUT2D eigenvalue weighted by Gasteiger charge is -2.30. The maximum atomic E-state index is 12.7. The van der Waals surface area contributed by atoms with Crippen molar-refractivity contribution in [3.8, 4) is 5.75 Å². The zero-order valence-electron chi connectivity index (χ0n) is 12.5. The second-order valence-corrected chi connectivity index (χ2v) is 5.21. The molecule has 22 heavy (non-hydrogen) atoms. The minimum atomic E-state index is -0.135. The van der Waals surface area contributed by atoms with Gasteiger partial charge < -0.3 is 15.4 Å². The number of fused-ring (bicyclic) bond motifs is 1. The van der Waals surface area contributed by atoms with E-state index in [-0.39, 0.29) is 5.91 Å². The molecule has 0 bridgehead atoms. The van der Waals surface area contributed by atoms with Crippen LogP contribution in [0.25, 0.3) is 6.08 Å². The topological polar surface area (TPSA) is 55.6 Å². The Morgan fingerprint density at radius 3 is 2.68 bits per heavy atom. The van der Waals surface area contributed by atoms with Crippen molar-refractivity contribution in [2.24, 2.45) is 0 Å². The Hall–Kier alpha value is -2.75. The molecule has 0 atom stereocenters. The van der Waals surface area contributed by atoms with Gasteiger partial charge in [-0.3, -0.25) is 4.79 Å². The summed E-state index contributed by atoms with van der Waals surface area (Å²) >= 11 is 0. The molecule has 1 aliphatic heterocycles. The molecule has 0 radical (unpaired) electrons. The van der Waals surface area contributed by atoms with E-state index in [4.69, 9.17) is 10.5 Å².